The molecule has 3 rings (SSSR count). The molecule has 8 nitrogen and oxygen atoms in total. The highest BCUT2D eigenvalue weighted by Crippen LogP contribution is 2.37. The minimum Gasteiger partial charge on any atom is -0.481 e. The fourth-order valence-electron chi connectivity index (χ4n) is 4.44. The van der Waals surface area contributed by atoms with E-state index in [1.54, 1.807) is 58.9 Å². The molecule has 3 aromatic rings. The van der Waals surface area contributed by atoms with Crippen LogP contribution in [0.1, 0.15) is 68.4 Å². The van der Waals surface area contributed by atoms with E-state index in [2.05, 4.69) is 0 Å². The molecule has 1 aromatic heterocycles. The average molecular weight is 527 g/mol. The van der Waals surface area contributed by atoms with E-state index in [1.165, 1.54) is 13.8 Å². The quantitative estimate of drug-likeness (QED) is 0.187. The van der Waals surface area contributed by atoms with Crippen LogP contribution in [0.3, 0.4) is 0 Å². The van der Waals surface area contributed by atoms with Crippen LogP contribution < -0.4 is 9.64 Å². The van der Waals surface area contributed by atoms with Gasteiger partial charge in [0, 0.05) is 48.5 Å². The molecule has 1 heterocycles. The Morgan fingerprint density at radius 3 is 2.22 bits per heavy atom. The third-order valence-electron chi connectivity index (χ3n) is 6.12. The van der Waals surface area contributed by atoms with Crippen molar-refractivity contribution in [2.24, 2.45) is 0 Å². The van der Waals surface area contributed by atoms with Crippen molar-refractivity contribution in [3.63, 3.8) is 0 Å². The Bertz CT molecular complexity index is 1310. The lowest BCUT2D eigenvalue weighted by molar-refractivity contribution is -0.137. The zero-order valence-electron chi connectivity index (χ0n) is 21.3. The maximum atomic E-state index is 13.6. The van der Waals surface area contributed by atoms with Crippen LogP contribution in [0.5, 0.6) is 5.75 Å². The fraction of sp³-hybridized carbons (Fsp3) is 0.357. The first kappa shape index (κ1) is 27.9. The lowest BCUT2D eigenvalue weighted by Gasteiger charge is -2.22. The summed E-state index contributed by atoms with van der Waals surface area (Å²) in [6.45, 7) is 5.01. The fourth-order valence-corrected chi connectivity index (χ4v) is 4.56. The number of hydrogen-bond donors (Lipinski definition) is 1. The molecule has 0 aliphatic rings. The number of unbranched alkanes of at least 4 members (excludes halogenated alkanes) is 4. The number of anilines is 1. The summed E-state index contributed by atoms with van der Waals surface area (Å²) in [7, 11) is 0. The summed E-state index contributed by atoms with van der Waals surface area (Å²) in [6.07, 6.45) is 4.02. The molecule has 196 valence electrons. The smallest absolute Gasteiger partial charge is 0.308 e. The number of rotatable bonds is 11. The number of nitrogens with zero attached hydrogens (tertiary/aromatic N) is 2. The summed E-state index contributed by atoms with van der Waals surface area (Å²) in [6, 6.07) is 11.6. The number of aliphatic carboxylic acids is 1. The Hall–Kier alpha value is -3.65. The monoisotopic (exact) mass is 526 g/mol. The molecule has 0 fully saturated rings. The molecule has 0 unspecified atom stereocenters. The van der Waals surface area contributed by atoms with Crippen molar-refractivity contribution >= 4 is 51.9 Å². The number of halogens is 1. The zero-order valence-corrected chi connectivity index (χ0v) is 22.0. The van der Waals surface area contributed by atoms with Crippen molar-refractivity contribution in [1.82, 2.24) is 4.57 Å². The largest absolute Gasteiger partial charge is 0.481 e. The average Bonchev–Trinajstić information content (AvgIpc) is 3.11. The molecule has 0 spiro atoms. The number of aromatic nitrogens is 1. The number of amides is 1. The van der Waals surface area contributed by atoms with Crippen LogP contribution in [0.4, 0.5) is 5.69 Å². The maximum Gasteiger partial charge on any atom is 0.308 e. The second-order valence-electron chi connectivity index (χ2n) is 8.94. The van der Waals surface area contributed by atoms with Gasteiger partial charge in [0.15, 0.2) is 0 Å². The number of fused-ring (bicyclic) bond motifs is 1. The normalized spacial score (nSPS) is 10.9. The van der Waals surface area contributed by atoms with E-state index in [4.69, 9.17) is 21.4 Å². The Morgan fingerprint density at radius 2 is 1.59 bits per heavy atom. The van der Waals surface area contributed by atoms with Gasteiger partial charge >= 0.3 is 11.9 Å². The molecular weight excluding hydrogens is 496 g/mol. The van der Waals surface area contributed by atoms with Crippen LogP contribution in [0.25, 0.3) is 10.9 Å². The molecule has 2 aromatic carbocycles. The van der Waals surface area contributed by atoms with Gasteiger partial charge < -0.3 is 14.7 Å². The summed E-state index contributed by atoms with van der Waals surface area (Å²) in [5.41, 5.74) is 2.20. The first-order valence-electron chi connectivity index (χ1n) is 12.2. The second-order valence-corrected chi connectivity index (χ2v) is 9.37. The lowest BCUT2D eigenvalue weighted by atomic mass is 10.1. The van der Waals surface area contributed by atoms with Gasteiger partial charge in [-0.15, -0.1) is 0 Å². The van der Waals surface area contributed by atoms with Crippen LogP contribution in [0.15, 0.2) is 42.5 Å². The van der Waals surface area contributed by atoms with Gasteiger partial charge in [0.2, 0.25) is 5.91 Å². The summed E-state index contributed by atoms with van der Waals surface area (Å²) in [4.78, 5) is 50.3. The Morgan fingerprint density at radius 1 is 0.946 bits per heavy atom. The van der Waals surface area contributed by atoms with Crippen molar-refractivity contribution in [3.05, 3.63) is 58.7 Å². The van der Waals surface area contributed by atoms with Gasteiger partial charge in [-0.25, -0.2) is 0 Å². The molecule has 0 saturated heterocycles. The van der Waals surface area contributed by atoms with Gasteiger partial charge in [0.1, 0.15) is 5.75 Å². The highest BCUT2D eigenvalue weighted by atomic mass is 35.5. The van der Waals surface area contributed by atoms with E-state index in [0.29, 0.717) is 58.0 Å². The third kappa shape index (κ3) is 6.98. The molecule has 0 aliphatic carbocycles. The number of ether oxygens (including phenoxy) is 1. The molecule has 0 aliphatic heterocycles. The zero-order chi connectivity index (χ0) is 27.1. The predicted octanol–water partition coefficient (Wildman–Crippen LogP) is 6.00. The summed E-state index contributed by atoms with van der Waals surface area (Å²) in [5, 5.41) is 9.92. The molecule has 37 heavy (non-hydrogen) atoms. The molecule has 0 bridgehead atoms. The molecule has 1 amide bonds. The molecule has 0 atom stereocenters. The minimum atomic E-state index is -0.795. The van der Waals surface area contributed by atoms with E-state index in [0.717, 1.165) is 19.3 Å². The van der Waals surface area contributed by atoms with Gasteiger partial charge in [-0.2, -0.15) is 0 Å². The van der Waals surface area contributed by atoms with E-state index >= 15 is 0 Å². The number of hydrogen-bond acceptors (Lipinski definition) is 5. The van der Waals surface area contributed by atoms with Crippen LogP contribution in [0, 0.1) is 6.92 Å². The van der Waals surface area contributed by atoms with E-state index in [1.807, 2.05) is 0 Å². The molecule has 1 N–H and O–H groups in total. The number of benzene rings is 2. The van der Waals surface area contributed by atoms with Crippen molar-refractivity contribution in [2.45, 2.75) is 59.3 Å². The molecule has 9 heteroatoms. The van der Waals surface area contributed by atoms with Gasteiger partial charge in [0.25, 0.3) is 5.91 Å². The molecular formula is C28H31ClN2O6. The minimum absolute atomic E-state index is 0.157. The van der Waals surface area contributed by atoms with Crippen LogP contribution in [-0.4, -0.2) is 40.0 Å². The molecule has 0 radical (unpaired) electrons. The predicted molar refractivity (Wildman–Crippen MR) is 143 cm³/mol. The van der Waals surface area contributed by atoms with Crippen molar-refractivity contribution in [3.8, 4) is 5.75 Å². The lowest BCUT2D eigenvalue weighted by Crippen LogP contribution is -2.30. The third-order valence-corrected chi connectivity index (χ3v) is 6.37. The number of carboxylic acid groups (broad SMARTS) is 1. The van der Waals surface area contributed by atoms with Gasteiger partial charge in [-0.3, -0.25) is 23.7 Å². The Balaban J connectivity index is 1.98. The Labute approximate surface area is 220 Å². The van der Waals surface area contributed by atoms with Crippen LogP contribution in [-0.2, 0) is 14.4 Å². The maximum absolute atomic E-state index is 13.6. The first-order valence-corrected chi connectivity index (χ1v) is 12.6. The van der Waals surface area contributed by atoms with Crippen molar-refractivity contribution in [2.75, 3.05) is 11.4 Å². The van der Waals surface area contributed by atoms with Gasteiger partial charge in [0.05, 0.1) is 11.2 Å². The number of carbonyl (C=O) groups is 4. The van der Waals surface area contributed by atoms with E-state index in [-0.39, 0.29) is 18.2 Å². The van der Waals surface area contributed by atoms with Crippen LogP contribution >= 0.6 is 11.6 Å². The van der Waals surface area contributed by atoms with Gasteiger partial charge in [-0.05, 0) is 62.2 Å². The second kappa shape index (κ2) is 12.5. The highest BCUT2D eigenvalue weighted by molar-refractivity contribution is 6.30. The summed E-state index contributed by atoms with van der Waals surface area (Å²) >= 11 is 6.00. The number of carbonyl (C=O) groups excluding carboxylic acids is 3. The van der Waals surface area contributed by atoms with E-state index in [9.17, 15) is 19.2 Å². The SMILES string of the molecule is CC(=O)Oc1ccc2c(c1)c(N(CCCCCCCC(=O)O)C(C)=O)c(C)n2C(=O)c1ccc(Cl)cc1. The number of carboxylic acids is 1. The Kier molecular flexibility index (Phi) is 9.47. The summed E-state index contributed by atoms with van der Waals surface area (Å²) in [5.74, 6) is -1.40. The standard InChI is InChI=1S/C28H31ClN2O6/c1-18-27(30(19(2)32)16-8-6-4-5-7-9-26(34)35)24-17-23(37-20(3)33)14-15-25(24)31(18)28(36)21-10-12-22(29)13-11-21/h10-15,17H,4-9,16H2,1-3H3,(H,34,35). The van der Waals surface area contributed by atoms with Crippen LogP contribution in [0.2, 0.25) is 5.02 Å². The van der Waals surface area contributed by atoms with Gasteiger partial charge in [-0.1, -0.05) is 30.9 Å². The van der Waals surface area contributed by atoms with E-state index < -0.39 is 11.9 Å². The molecule has 0 saturated carbocycles. The van der Waals surface area contributed by atoms with Crippen molar-refractivity contribution < 1.29 is 29.0 Å². The topological polar surface area (TPSA) is 106 Å². The number of esters is 1. The first-order chi connectivity index (χ1) is 17.6. The summed E-state index contributed by atoms with van der Waals surface area (Å²) < 4.78 is 6.85. The highest BCUT2D eigenvalue weighted by Gasteiger charge is 2.26. The van der Waals surface area contributed by atoms with Crippen molar-refractivity contribution in [1.29, 1.82) is 0 Å².